The summed E-state index contributed by atoms with van der Waals surface area (Å²) in [6.07, 6.45) is 0.898. The first kappa shape index (κ1) is 11.7. The Kier molecular flexibility index (Phi) is 3.82. The van der Waals surface area contributed by atoms with E-state index < -0.39 is 0 Å². The number of nitrogens with zero attached hydrogens (tertiary/aromatic N) is 1. The minimum atomic E-state index is 0.697. The van der Waals surface area contributed by atoms with Crippen molar-refractivity contribution in [3.8, 4) is 5.75 Å². The van der Waals surface area contributed by atoms with E-state index in [2.05, 4.69) is 15.7 Å². The van der Waals surface area contributed by atoms with Gasteiger partial charge in [-0.2, -0.15) is 0 Å². The van der Waals surface area contributed by atoms with Gasteiger partial charge in [-0.3, -0.25) is 0 Å². The Morgan fingerprint density at radius 3 is 3.00 bits per heavy atom. The van der Waals surface area contributed by atoms with E-state index in [0.717, 1.165) is 30.1 Å². The number of nitrogens with two attached hydrogens (primary N) is 1. The third-order valence-electron chi connectivity index (χ3n) is 2.44. The molecule has 0 bridgehead atoms. The molecule has 4 nitrogen and oxygen atoms in total. The average molecular weight is 249 g/mol. The lowest BCUT2D eigenvalue weighted by Gasteiger charge is -2.09. The lowest BCUT2D eigenvalue weighted by Crippen LogP contribution is -2.07. The molecular weight excluding hydrogens is 234 g/mol. The molecule has 2 rings (SSSR count). The molecule has 1 aromatic carbocycles. The number of rotatable bonds is 5. The van der Waals surface area contributed by atoms with Crippen molar-refractivity contribution in [3.63, 3.8) is 0 Å². The quantitative estimate of drug-likeness (QED) is 0.799. The Bertz CT molecular complexity index is 471. The first-order chi connectivity index (χ1) is 8.29. The maximum absolute atomic E-state index is 5.90. The van der Waals surface area contributed by atoms with Crippen molar-refractivity contribution in [1.29, 1.82) is 0 Å². The molecule has 5 heteroatoms. The highest BCUT2D eigenvalue weighted by molar-refractivity contribution is 7.07. The molecule has 17 heavy (non-hydrogen) atoms. The van der Waals surface area contributed by atoms with Gasteiger partial charge in [-0.25, -0.2) is 4.98 Å². The van der Waals surface area contributed by atoms with Gasteiger partial charge in [0.25, 0.3) is 0 Å². The number of hydrogen-bond donors (Lipinski definition) is 2. The summed E-state index contributed by atoms with van der Waals surface area (Å²) in [5.74, 6) is 0.771. The maximum Gasteiger partial charge on any atom is 0.121 e. The van der Waals surface area contributed by atoms with Gasteiger partial charge in [0.1, 0.15) is 5.75 Å². The van der Waals surface area contributed by atoms with Crippen molar-refractivity contribution in [2.24, 2.45) is 0 Å². The molecule has 0 radical (unpaired) electrons. The topological polar surface area (TPSA) is 60.2 Å². The predicted molar refractivity (Wildman–Crippen MR) is 71.7 cm³/mol. The number of anilines is 2. The highest BCUT2D eigenvalue weighted by atomic mass is 32.1. The van der Waals surface area contributed by atoms with Gasteiger partial charge in [0.15, 0.2) is 0 Å². The smallest absolute Gasteiger partial charge is 0.121 e. The molecule has 0 unspecified atom stereocenters. The second-order valence-corrected chi connectivity index (χ2v) is 4.33. The third-order valence-corrected chi connectivity index (χ3v) is 3.07. The zero-order valence-corrected chi connectivity index (χ0v) is 10.5. The molecule has 1 heterocycles. The average Bonchev–Trinajstić information content (AvgIpc) is 2.84. The van der Waals surface area contributed by atoms with Gasteiger partial charge >= 0.3 is 0 Å². The summed E-state index contributed by atoms with van der Waals surface area (Å²) in [6.45, 7) is 0.820. The van der Waals surface area contributed by atoms with Gasteiger partial charge in [0.2, 0.25) is 0 Å². The van der Waals surface area contributed by atoms with Crippen molar-refractivity contribution >= 4 is 22.7 Å². The number of ether oxygens (including phenoxy) is 1. The van der Waals surface area contributed by atoms with Gasteiger partial charge in [-0.15, -0.1) is 11.3 Å². The van der Waals surface area contributed by atoms with Crippen molar-refractivity contribution in [2.75, 3.05) is 24.7 Å². The molecule has 0 aliphatic carbocycles. The molecule has 0 atom stereocenters. The van der Waals surface area contributed by atoms with Crippen LogP contribution < -0.4 is 15.8 Å². The van der Waals surface area contributed by atoms with E-state index in [0.29, 0.717) is 5.69 Å². The van der Waals surface area contributed by atoms with Gasteiger partial charge in [-0.05, 0) is 12.1 Å². The molecule has 1 aromatic heterocycles. The molecule has 0 amide bonds. The van der Waals surface area contributed by atoms with Crippen LogP contribution in [0.5, 0.6) is 5.75 Å². The maximum atomic E-state index is 5.90. The number of aromatic nitrogens is 1. The zero-order chi connectivity index (χ0) is 12.1. The summed E-state index contributed by atoms with van der Waals surface area (Å²) in [4.78, 5) is 4.22. The van der Waals surface area contributed by atoms with Gasteiger partial charge in [0.05, 0.1) is 29.7 Å². The molecule has 90 valence electrons. The molecule has 0 saturated carbocycles. The van der Waals surface area contributed by atoms with Crippen LogP contribution in [0.1, 0.15) is 5.69 Å². The Morgan fingerprint density at radius 2 is 2.35 bits per heavy atom. The minimum Gasteiger partial charge on any atom is -0.497 e. The monoisotopic (exact) mass is 249 g/mol. The molecule has 2 aromatic rings. The lowest BCUT2D eigenvalue weighted by molar-refractivity contribution is 0.415. The van der Waals surface area contributed by atoms with Gasteiger partial charge in [0, 0.05) is 24.4 Å². The fraction of sp³-hybridized carbons (Fsp3) is 0.250. The normalized spacial score (nSPS) is 10.2. The Morgan fingerprint density at radius 1 is 1.47 bits per heavy atom. The number of benzene rings is 1. The van der Waals surface area contributed by atoms with Crippen molar-refractivity contribution in [3.05, 3.63) is 34.8 Å². The highest BCUT2D eigenvalue weighted by Gasteiger charge is 2.01. The molecule has 0 fully saturated rings. The van der Waals surface area contributed by atoms with Crippen molar-refractivity contribution in [2.45, 2.75) is 6.42 Å². The SMILES string of the molecule is COc1ccc(NCCc2cscn2)c(N)c1. The van der Waals surface area contributed by atoms with Crippen LogP contribution in [0.25, 0.3) is 0 Å². The summed E-state index contributed by atoms with van der Waals surface area (Å²) in [6, 6.07) is 5.63. The third kappa shape index (κ3) is 3.10. The van der Waals surface area contributed by atoms with Crippen LogP contribution in [0, 0.1) is 0 Å². The Balaban J connectivity index is 1.90. The summed E-state index contributed by atoms with van der Waals surface area (Å²) in [7, 11) is 1.63. The van der Waals surface area contributed by atoms with E-state index in [1.165, 1.54) is 0 Å². The minimum absolute atomic E-state index is 0.697. The molecular formula is C12H15N3OS. The number of hydrogen-bond acceptors (Lipinski definition) is 5. The van der Waals surface area contributed by atoms with Crippen LogP contribution in [0.2, 0.25) is 0 Å². The Hall–Kier alpha value is -1.75. The zero-order valence-electron chi connectivity index (χ0n) is 9.64. The van der Waals surface area contributed by atoms with E-state index >= 15 is 0 Å². The van der Waals surface area contributed by atoms with Crippen LogP contribution in [0.4, 0.5) is 11.4 Å². The van der Waals surface area contributed by atoms with Crippen LogP contribution >= 0.6 is 11.3 Å². The van der Waals surface area contributed by atoms with E-state index in [1.54, 1.807) is 18.4 Å². The number of thiazole rings is 1. The summed E-state index contributed by atoms with van der Waals surface area (Å²) < 4.78 is 5.10. The molecule has 0 saturated heterocycles. The second-order valence-electron chi connectivity index (χ2n) is 3.61. The largest absolute Gasteiger partial charge is 0.497 e. The molecule has 3 N–H and O–H groups in total. The first-order valence-electron chi connectivity index (χ1n) is 5.34. The van der Waals surface area contributed by atoms with Crippen molar-refractivity contribution in [1.82, 2.24) is 4.98 Å². The van der Waals surface area contributed by atoms with Crippen LogP contribution in [0.3, 0.4) is 0 Å². The highest BCUT2D eigenvalue weighted by Crippen LogP contribution is 2.23. The molecule has 0 aliphatic heterocycles. The number of nitrogens with one attached hydrogen (secondary N) is 1. The summed E-state index contributed by atoms with van der Waals surface area (Å²) in [5.41, 5.74) is 10.5. The van der Waals surface area contributed by atoms with Gasteiger partial charge in [-0.1, -0.05) is 0 Å². The number of methoxy groups -OCH3 is 1. The predicted octanol–water partition coefficient (Wildman–Crippen LogP) is 2.39. The fourth-order valence-electron chi connectivity index (χ4n) is 1.52. The van der Waals surface area contributed by atoms with E-state index in [9.17, 15) is 0 Å². The summed E-state index contributed by atoms with van der Waals surface area (Å²) in [5, 5.41) is 5.34. The lowest BCUT2D eigenvalue weighted by atomic mass is 10.2. The second kappa shape index (κ2) is 5.54. The molecule has 0 spiro atoms. The fourth-order valence-corrected chi connectivity index (χ4v) is 2.11. The molecule has 0 aliphatic rings. The van der Waals surface area contributed by atoms with E-state index in [-0.39, 0.29) is 0 Å². The van der Waals surface area contributed by atoms with E-state index in [4.69, 9.17) is 10.5 Å². The standard InChI is InChI=1S/C12H15N3OS/c1-16-10-2-3-12(11(13)6-10)14-5-4-9-7-17-8-15-9/h2-3,6-8,14H,4-5,13H2,1H3. The van der Waals surface area contributed by atoms with Crippen LogP contribution in [0.15, 0.2) is 29.1 Å². The van der Waals surface area contributed by atoms with E-state index in [1.807, 2.05) is 23.7 Å². The van der Waals surface area contributed by atoms with Gasteiger partial charge < -0.3 is 15.8 Å². The van der Waals surface area contributed by atoms with Crippen molar-refractivity contribution < 1.29 is 4.74 Å². The van der Waals surface area contributed by atoms with Crippen LogP contribution in [-0.4, -0.2) is 18.6 Å². The van der Waals surface area contributed by atoms with Crippen LogP contribution in [-0.2, 0) is 6.42 Å². The number of nitrogen functional groups attached to an aromatic ring is 1. The summed E-state index contributed by atoms with van der Waals surface area (Å²) >= 11 is 1.61. The Labute approximate surface area is 104 Å². The first-order valence-corrected chi connectivity index (χ1v) is 6.28.